The van der Waals surface area contributed by atoms with Crippen LogP contribution in [0.25, 0.3) is 0 Å². The van der Waals surface area contributed by atoms with Crippen molar-refractivity contribution in [3.63, 3.8) is 0 Å². The predicted octanol–water partition coefficient (Wildman–Crippen LogP) is 2.59. The lowest BCUT2D eigenvalue weighted by Gasteiger charge is -2.33. The van der Waals surface area contributed by atoms with Crippen LogP contribution in [0.2, 0.25) is 0 Å². The van der Waals surface area contributed by atoms with Crippen LogP contribution in [-0.4, -0.2) is 6.18 Å². The quantitative estimate of drug-likeness (QED) is 0.482. The first-order valence-electron chi connectivity index (χ1n) is 3.07. The molecule has 3 heteroatoms. The molecule has 0 aromatic carbocycles. The minimum Gasteiger partial charge on any atom is -0.171 e. The van der Waals surface area contributed by atoms with Crippen LogP contribution in [0, 0.1) is 11.8 Å². The SMILES string of the molecule is C[C@H]1C[C@@H](C(F)(F)F)C1. The van der Waals surface area contributed by atoms with Crippen LogP contribution in [0.1, 0.15) is 19.8 Å². The smallest absolute Gasteiger partial charge is 0.171 e. The van der Waals surface area contributed by atoms with Gasteiger partial charge in [0, 0.05) is 0 Å². The summed E-state index contributed by atoms with van der Waals surface area (Å²) in [5.41, 5.74) is 0. The summed E-state index contributed by atoms with van der Waals surface area (Å²) in [5.74, 6) is -0.705. The van der Waals surface area contributed by atoms with Gasteiger partial charge >= 0.3 is 6.18 Å². The van der Waals surface area contributed by atoms with Crippen LogP contribution < -0.4 is 0 Å². The Morgan fingerprint density at radius 3 is 1.78 bits per heavy atom. The van der Waals surface area contributed by atoms with Gasteiger partial charge in [-0.05, 0) is 18.8 Å². The summed E-state index contributed by atoms with van der Waals surface area (Å²) < 4.78 is 35.0. The molecule has 0 amide bonds. The number of hydrogen-bond donors (Lipinski definition) is 0. The lowest BCUT2D eigenvalue weighted by Crippen LogP contribution is -2.34. The second-order valence-corrected chi connectivity index (χ2v) is 2.82. The van der Waals surface area contributed by atoms with Gasteiger partial charge in [0.2, 0.25) is 0 Å². The van der Waals surface area contributed by atoms with Gasteiger partial charge in [0.05, 0.1) is 5.92 Å². The maximum Gasteiger partial charge on any atom is 0.391 e. The monoisotopic (exact) mass is 138 g/mol. The fourth-order valence-electron chi connectivity index (χ4n) is 1.17. The second kappa shape index (κ2) is 1.89. The van der Waals surface area contributed by atoms with Gasteiger partial charge in [-0.1, -0.05) is 6.92 Å². The van der Waals surface area contributed by atoms with Gasteiger partial charge in [-0.15, -0.1) is 0 Å². The molecule has 0 saturated heterocycles. The molecule has 54 valence electrons. The third kappa shape index (κ3) is 1.37. The van der Waals surface area contributed by atoms with E-state index in [9.17, 15) is 13.2 Å². The Labute approximate surface area is 52.1 Å². The average Bonchev–Trinajstić information content (AvgIpc) is 1.55. The van der Waals surface area contributed by atoms with E-state index in [4.69, 9.17) is 0 Å². The van der Waals surface area contributed by atoms with Crippen molar-refractivity contribution in [2.24, 2.45) is 11.8 Å². The molecule has 0 N–H and O–H groups in total. The first-order valence-corrected chi connectivity index (χ1v) is 3.07. The zero-order valence-electron chi connectivity index (χ0n) is 5.20. The summed E-state index contributed by atoms with van der Waals surface area (Å²) in [7, 11) is 0. The molecular formula is C6H9F3. The third-order valence-electron chi connectivity index (χ3n) is 1.84. The summed E-state index contributed by atoms with van der Waals surface area (Å²) in [6.07, 6.45) is -3.25. The Hall–Kier alpha value is -0.210. The maximum absolute atomic E-state index is 11.7. The molecule has 0 heterocycles. The average molecular weight is 138 g/mol. The molecule has 1 aliphatic carbocycles. The van der Waals surface area contributed by atoms with Crippen molar-refractivity contribution in [1.82, 2.24) is 0 Å². The Morgan fingerprint density at radius 2 is 1.67 bits per heavy atom. The van der Waals surface area contributed by atoms with Gasteiger partial charge in [0.25, 0.3) is 0 Å². The lowest BCUT2D eigenvalue weighted by atomic mass is 9.76. The predicted molar refractivity (Wildman–Crippen MR) is 27.9 cm³/mol. The fourth-order valence-corrected chi connectivity index (χ4v) is 1.17. The molecule has 0 atom stereocenters. The van der Waals surface area contributed by atoms with Crippen molar-refractivity contribution in [3.05, 3.63) is 0 Å². The minimum atomic E-state index is -3.92. The van der Waals surface area contributed by atoms with E-state index in [0.717, 1.165) is 0 Å². The van der Waals surface area contributed by atoms with Crippen molar-refractivity contribution < 1.29 is 13.2 Å². The summed E-state index contributed by atoms with van der Waals surface area (Å²) in [6.45, 7) is 1.85. The number of alkyl halides is 3. The molecule has 0 aromatic heterocycles. The highest BCUT2D eigenvalue weighted by molar-refractivity contribution is 4.81. The minimum absolute atomic E-state index is 0.289. The van der Waals surface area contributed by atoms with Crippen molar-refractivity contribution in [3.8, 4) is 0 Å². The van der Waals surface area contributed by atoms with Crippen LogP contribution in [0.5, 0.6) is 0 Å². The molecule has 0 spiro atoms. The summed E-state index contributed by atoms with van der Waals surface area (Å²) >= 11 is 0. The molecule has 1 rings (SSSR count). The van der Waals surface area contributed by atoms with Gasteiger partial charge in [0.1, 0.15) is 0 Å². The van der Waals surface area contributed by atoms with Gasteiger partial charge in [-0.25, -0.2) is 0 Å². The normalized spacial score (nSPS) is 36.0. The van der Waals surface area contributed by atoms with Gasteiger partial charge in [0.15, 0.2) is 0 Å². The number of hydrogen-bond acceptors (Lipinski definition) is 0. The Morgan fingerprint density at radius 1 is 1.22 bits per heavy atom. The van der Waals surface area contributed by atoms with Crippen LogP contribution in [0.3, 0.4) is 0 Å². The Kier molecular flexibility index (Phi) is 1.45. The van der Waals surface area contributed by atoms with Crippen LogP contribution in [0.4, 0.5) is 13.2 Å². The van der Waals surface area contributed by atoms with E-state index in [1.807, 2.05) is 6.92 Å². The van der Waals surface area contributed by atoms with Gasteiger partial charge < -0.3 is 0 Å². The van der Waals surface area contributed by atoms with E-state index in [1.54, 1.807) is 0 Å². The second-order valence-electron chi connectivity index (χ2n) is 2.82. The molecule has 1 fully saturated rings. The van der Waals surface area contributed by atoms with Gasteiger partial charge in [-0.3, -0.25) is 0 Å². The third-order valence-corrected chi connectivity index (χ3v) is 1.84. The number of rotatable bonds is 0. The van der Waals surface area contributed by atoms with E-state index in [0.29, 0.717) is 12.8 Å². The zero-order valence-corrected chi connectivity index (χ0v) is 5.20. The molecule has 0 bridgehead atoms. The maximum atomic E-state index is 11.7. The molecule has 0 unspecified atom stereocenters. The summed E-state index contributed by atoms with van der Waals surface area (Å²) in [4.78, 5) is 0. The molecular weight excluding hydrogens is 129 g/mol. The van der Waals surface area contributed by atoms with Crippen molar-refractivity contribution in [2.75, 3.05) is 0 Å². The standard InChI is InChI=1S/C6H9F3/c1-4-2-5(3-4)6(7,8)9/h4-5H,2-3H2,1H3/t4-,5+. The van der Waals surface area contributed by atoms with E-state index in [-0.39, 0.29) is 5.92 Å². The van der Waals surface area contributed by atoms with E-state index in [2.05, 4.69) is 0 Å². The molecule has 9 heavy (non-hydrogen) atoms. The Bertz CT molecular complexity index is 99.4. The van der Waals surface area contributed by atoms with E-state index in [1.165, 1.54) is 0 Å². The first kappa shape index (κ1) is 6.90. The number of halogens is 3. The van der Waals surface area contributed by atoms with E-state index >= 15 is 0 Å². The molecule has 0 nitrogen and oxygen atoms in total. The van der Waals surface area contributed by atoms with Crippen LogP contribution >= 0.6 is 0 Å². The highest BCUT2D eigenvalue weighted by atomic mass is 19.4. The summed E-state index contributed by atoms with van der Waals surface area (Å²) in [6, 6.07) is 0. The molecule has 0 radical (unpaired) electrons. The zero-order chi connectivity index (χ0) is 7.07. The topological polar surface area (TPSA) is 0 Å². The highest BCUT2D eigenvalue weighted by Crippen LogP contribution is 2.44. The fraction of sp³-hybridized carbons (Fsp3) is 1.00. The largest absolute Gasteiger partial charge is 0.391 e. The van der Waals surface area contributed by atoms with Gasteiger partial charge in [-0.2, -0.15) is 13.2 Å². The van der Waals surface area contributed by atoms with Crippen molar-refractivity contribution in [1.29, 1.82) is 0 Å². The lowest BCUT2D eigenvalue weighted by molar-refractivity contribution is -0.202. The van der Waals surface area contributed by atoms with Crippen molar-refractivity contribution >= 4 is 0 Å². The van der Waals surface area contributed by atoms with Crippen molar-refractivity contribution in [2.45, 2.75) is 25.9 Å². The molecule has 1 aliphatic rings. The van der Waals surface area contributed by atoms with E-state index < -0.39 is 12.1 Å². The Balaban J connectivity index is 2.32. The van der Waals surface area contributed by atoms with Crippen LogP contribution in [0.15, 0.2) is 0 Å². The molecule has 0 aliphatic heterocycles. The summed E-state index contributed by atoms with van der Waals surface area (Å²) in [5, 5.41) is 0. The highest BCUT2D eigenvalue weighted by Gasteiger charge is 2.45. The molecule has 1 saturated carbocycles. The first-order chi connectivity index (χ1) is 4.00. The molecule has 0 aromatic rings. The van der Waals surface area contributed by atoms with Crippen LogP contribution in [-0.2, 0) is 0 Å².